The smallest absolute Gasteiger partial charge is 0.239 e. The lowest BCUT2D eigenvalue weighted by atomic mass is 10.1. The average molecular weight is 270 g/mol. The van der Waals surface area contributed by atoms with Crippen LogP contribution in [-0.4, -0.2) is 24.9 Å². The molecule has 0 radical (unpaired) electrons. The summed E-state index contributed by atoms with van der Waals surface area (Å²) in [5.74, 6) is -0.622. The van der Waals surface area contributed by atoms with Gasteiger partial charge in [0.15, 0.2) is 0 Å². The normalized spacial score (nSPS) is 11.7. The summed E-state index contributed by atoms with van der Waals surface area (Å²) in [5.41, 5.74) is 6.05. The van der Waals surface area contributed by atoms with Crippen molar-refractivity contribution < 1.29 is 9.59 Å². The van der Waals surface area contributed by atoms with Crippen molar-refractivity contribution in [1.82, 2.24) is 10.6 Å². The van der Waals surface area contributed by atoms with Gasteiger partial charge in [0, 0.05) is 5.02 Å². The SMILES string of the molecule is C[C@H](NC(=O)CNC(=O)CN)c1ccc(Cl)cc1. The molecule has 1 atom stereocenters. The molecule has 0 spiro atoms. The van der Waals surface area contributed by atoms with Crippen molar-refractivity contribution in [2.45, 2.75) is 13.0 Å². The molecule has 0 fully saturated rings. The fourth-order valence-electron chi connectivity index (χ4n) is 1.38. The van der Waals surface area contributed by atoms with E-state index in [1.807, 2.05) is 19.1 Å². The van der Waals surface area contributed by atoms with Gasteiger partial charge in [0.1, 0.15) is 0 Å². The van der Waals surface area contributed by atoms with Gasteiger partial charge in [-0.3, -0.25) is 9.59 Å². The van der Waals surface area contributed by atoms with Gasteiger partial charge in [-0.25, -0.2) is 0 Å². The predicted octanol–water partition coefficient (Wildman–Crippen LogP) is 0.592. The van der Waals surface area contributed by atoms with Gasteiger partial charge in [0.05, 0.1) is 19.1 Å². The summed E-state index contributed by atoms with van der Waals surface area (Å²) < 4.78 is 0. The summed E-state index contributed by atoms with van der Waals surface area (Å²) in [6.45, 7) is 1.65. The first kappa shape index (κ1) is 14.5. The second-order valence-corrected chi connectivity index (χ2v) is 4.26. The number of nitrogens with two attached hydrogens (primary N) is 1. The summed E-state index contributed by atoms with van der Waals surface area (Å²) in [4.78, 5) is 22.4. The molecule has 1 rings (SSSR count). The van der Waals surface area contributed by atoms with Gasteiger partial charge >= 0.3 is 0 Å². The second kappa shape index (κ2) is 6.98. The fourth-order valence-corrected chi connectivity index (χ4v) is 1.50. The minimum atomic E-state index is -0.357. The predicted molar refractivity (Wildman–Crippen MR) is 70.1 cm³/mol. The number of amides is 2. The average Bonchev–Trinajstić information content (AvgIpc) is 2.36. The molecule has 5 nitrogen and oxygen atoms in total. The summed E-state index contributed by atoms with van der Waals surface area (Å²) in [7, 11) is 0. The zero-order chi connectivity index (χ0) is 13.5. The topological polar surface area (TPSA) is 84.2 Å². The van der Waals surface area contributed by atoms with Gasteiger partial charge in [-0.05, 0) is 24.6 Å². The molecule has 2 amide bonds. The number of carbonyl (C=O) groups is 2. The van der Waals surface area contributed by atoms with Crippen molar-refractivity contribution in [3.05, 3.63) is 34.9 Å². The van der Waals surface area contributed by atoms with Crippen molar-refractivity contribution in [3.63, 3.8) is 0 Å². The van der Waals surface area contributed by atoms with Crippen LogP contribution in [0.1, 0.15) is 18.5 Å². The molecule has 0 saturated heterocycles. The summed E-state index contributed by atoms with van der Waals surface area (Å²) in [6.07, 6.45) is 0. The van der Waals surface area contributed by atoms with Gasteiger partial charge in [0.25, 0.3) is 0 Å². The number of rotatable bonds is 5. The Hall–Kier alpha value is -1.59. The fraction of sp³-hybridized carbons (Fsp3) is 0.333. The molecule has 4 N–H and O–H groups in total. The first-order valence-electron chi connectivity index (χ1n) is 5.54. The maximum atomic E-state index is 11.5. The van der Waals surface area contributed by atoms with Crippen LogP contribution in [0.15, 0.2) is 24.3 Å². The largest absolute Gasteiger partial charge is 0.348 e. The molecule has 0 saturated carbocycles. The number of carbonyl (C=O) groups excluding carboxylic acids is 2. The van der Waals surface area contributed by atoms with E-state index in [0.29, 0.717) is 5.02 Å². The highest BCUT2D eigenvalue weighted by atomic mass is 35.5. The van der Waals surface area contributed by atoms with E-state index in [1.165, 1.54) is 0 Å². The van der Waals surface area contributed by atoms with Gasteiger partial charge < -0.3 is 16.4 Å². The number of benzene rings is 1. The van der Waals surface area contributed by atoms with Crippen molar-refractivity contribution in [2.75, 3.05) is 13.1 Å². The molecule has 18 heavy (non-hydrogen) atoms. The van der Waals surface area contributed by atoms with Crippen LogP contribution in [0.2, 0.25) is 5.02 Å². The van der Waals surface area contributed by atoms with E-state index in [1.54, 1.807) is 12.1 Å². The zero-order valence-electron chi connectivity index (χ0n) is 10.1. The monoisotopic (exact) mass is 269 g/mol. The summed E-state index contributed by atoms with van der Waals surface area (Å²) >= 11 is 5.78. The molecule has 0 aliphatic heterocycles. The van der Waals surface area contributed by atoms with Crippen LogP contribution in [0.5, 0.6) is 0 Å². The maximum Gasteiger partial charge on any atom is 0.239 e. The quantitative estimate of drug-likeness (QED) is 0.732. The second-order valence-electron chi connectivity index (χ2n) is 3.82. The zero-order valence-corrected chi connectivity index (χ0v) is 10.8. The minimum absolute atomic E-state index is 0.0754. The number of nitrogens with one attached hydrogen (secondary N) is 2. The van der Waals surface area contributed by atoms with Crippen molar-refractivity contribution in [1.29, 1.82) is 0 Å². The Bertz CT molecular complexity index is 420. The molecule has 0 aromatic heterocycles. The Morgan fingerprint density at radius 1 is 1.28 bits per heavy atom. The lowest BCUT2D eigenvalue weighted by Crippen LogP contribution is -2.40. The van der Waals surface area contributed by atoms with Crippen LogP contribution in [-0.2, 0) is 9.59 Å². The highest BCUT2D eigenvalue weighted by molar-refractivity contribution is 6.30. The molecule has 0 bridgehead atoms. The van der Waals surface area contributed by atoms with Crippen LogP contribution < -0.4 is 16.4 Å². The van der Waals surface area contributed by atoms with Crippen molar-refractivity contribution in [3.8, 4) is 0 Å². The summed E-state index contributed by atoms with van der Waals surface area (Å²) in [5, 5.41) is 5.80. The third-order valence-corrected chi connectivity index (χ3v) is 2.63. The van der Waals surface area contributed by atoms with Crippen LogP contribution in [0, 0.1) is 0 Å². The lowest BCUT2D eigenvalue weighted by molar-refractivity contribution is -0.125. The van der Waals surface area contributed by atoms with Crippen LogP contribution in [0.25, 0.3) is 0 Å². The molecule has 0 heterocycles. The van der Waals surface area contributed by atoms with E-state index in [-0.39, 0.29) is 30.9 Å². The van der Waals surface area contributed by atoms with Crippen LogP contribution in [0.4, 0.5) is 0 Å². The molecule has 1 aromatic carbocycles. The van der Waals surface area contributed by atoms with E-state index >= 15 is 0 Å². The minimum Gasteiger partial charge on any atom is -0.348 e. The molecule has 0 aliphatic rings. The Labute approximate surface area is 111 Å². The van der Waals surface area contributed by atoms with Crippen molar-refractivity contribution >= 4 is 23.4 Å². The van der Waals surface area contributed by atoms with Gasteiger partial charge in [-0.1, -0.05) is 23.7 Å². The Balaban J connectivity index is 2.44. The molecule has 0 aliphatic carbocycles. The Morgan fingerprint density at radius 2 is 1.89 bits per heavy atom. The number of hydrogen-bond donors (Lipinski definition) is 3. The van der Waals surface area contributed by atoms with Crippen molar-refractivity contribution in [2.24, 2.45) is 5.73 Å². The highest BCUT2D eigenvalue weighted by Crippen LogP contribution is 2.15. The van der Waals surface area contributed by atoms with E-state index in [0.717, 1.165) is 5.56 Å². The van der Waals surface area contributed by atoms with E-state index < -0.39 is 0 Å². The third-order valence-electron chi connectivity index (χ3n) is 2.38. The molecule has 98 valence electrons. The van der Waals surface area contributed by atoms with Gasteiger partial charge in [-0.2, -0.15) is 0 Å². The summed E-state index contributed by atoms with van der Waals surface area (Å²) in [6, 6.07) is 7.05. The first-order chi connectivity index (χ1) is 8.52. The Kier molecular flexibility index (Phi) is 5.61. The van der Waals surface area contributed by atoms with E-state index in [9.17, 15) is 9.59 Å². The third kappa shape index (κ3) is 4.73. The van der Waals surface area contributed by atoms with Gasteiger partial charge in [0.2, 0.25) is 11.8 Å². The Morgan fingerprint density at radius 3 is 2.44 bits per heavy atom. The van der Waals surface area contributed by atoms with E-state index in [4.69, 9.17) is 17.3 Å². The maximum absolute atomic E-state index is 11.5. The van der Waals surface area contributed by atoms with Crippen LogP contribution >= 0.6 is 11.6 Å². The van der Waals surface area contributed by atoms with Crippen LogP contribution in [0.3, 0.4) is 0 Å². The standard InChI is InChI=1S/C12H16ClN3O2/c1-8(9-2-4-10(13)5-3-9)16-12(18)7-15-11(17)6-14/h2-5,8H,6-7,14H2,1H3,(H,15,17)(H,16,18)/t8-/m0/s1. The number of halogens is 1. The van der Waals surface area contributed by atoms with Gasteiger partial charge in [-0.15, -0.1) is 0 Å². The number of hydrogen-bond acceptors (Lipinski definition) is 3. The molecule has 0 unspecified atom stereocenters. The molecule has 1 aromatic rings. The molecular weight excluding hydrogens is 254 g/mol. The molecular formula is C12H16ClN3O2. The highest BCUT2D eigenvalue weighted by Gasteiger charge is 2.09. The first-order valence-corrected chi connectivity index (χ1v) is 5.92. The molecule has 6 heteroatoms. The lowest BCUT2D eigenvalue weighted by Gasteiger charge is -2.14. The van der Waals surface area contributed by atoms with E-state index in [2.05, 4.69) is 10.6 Å².